The quantitative estimate of drug-likeness (QED) is 0.550. The summed E-state index contributed by atoms with van der Waals surface area (Å²) in [6.45, 7) is 7.60. The Morgan fingerprint density at radius 1 is 1.12 bits per heavy atom. The fraction of sp³-hybridized carbons (Fsp3) is 0.458. The first-order valence-electron chi connectivity index (χ1n) is 10.9. The fourth-order valence-electron chi connectivity index (χ4n) is 4.69. The van der Waals surface area contributed by atoms with E-state index in [-0.39, 0.29) is 31.7 Å². The molecule has 1 aromatic rings. The summed E-state index contributed by atoms with van der Waals surface area (Å²) in [5.74, 6) is -2.09. The minimum Gasteiger partial charge on any atom is -0.465 e. The molecule has 170 valence electrons. The third-order valence-corrected chi connectivity index (χ3v) is 6.05. The van der Waals surface area contributed by atoms with Crippen LogP contribution in [0.3, 0.4) is 0 Å². The van der Waals surface area contributed by atoms with Crippen LogP contribution in [-0.4, -0.2) is 37.7 Å². The van der Waals surface area contributed by atoms with Gasteiger partial charge in [-0.15, -0.1) is 0 Å². The molecule has 0 spiro atoms. The Hall–Kier alpha value is -3.29. The van der Waals surface area contributed by atoms with E-state index in [4.69, 9.17) is 18.9 Å². The van der Waals surface area contributed by atoms with E-state index in [0.717, 1.165) is 5.70 Å². The summed E-state index contributed by atoms with van der Waals surface area (Å²) in [5.41, 5.74) is 2.77. The van der Waals surface area contributed by atoms with Gasteiger partial charge in [0.2, 0.25) is 6.79 Å². The maximum atomic E-state index is 13.7. The number of ketones is 1. The van der Waals surface area contributed by atoms with Gasteiger partial charge >= 0.3 is 11.9 Å². The molecule has 2 aliphatic heterocycles. The van der Waals surface area contributed by atoms with Gasteiger partial charge in [-0.25, -0.2) is 4.79 Å². The van der Waals surface area contributed by atoms with Gasteiger partial charge in [0, 0.05) is 22.9 Å². The second-order valence-electron chi connectivity index (χ2n) is 8.10. The van der Waals surface area contributed by atoms with E-state index in [1.807, 2.05) is 13.0 Å². The number of Topliss-reactive ketones (excluding diaryl/α,β-unsaturated/α-hetero) is 1. The number of benzene rings is 1. The van der Waals surface area contributed by atoms with Gasteiger partial charge in [0.1, 0.15) is 5.92 Å². The van der Waals surface area contributed by atoms with Crippen LogP contribution >= 0.6 is 0 Å². The lowest BCUT2D eigenvalue weighted by Gasteiger charge is -2.38. The number of ether oxygens (including phenoxy) is 4. The van der Waals surface area contributed by atoms with Crippen LogP contribution in [0.25, 0.3) is 0 Å². The molecule has 0 unspecified atom stereocenters. The highest BCUT2D eigenvalue weighted by Crippen LogP contribution is 2.47. The summed E-state index contributed by atoms with van der Waals surface area (Å²) in [4.78, 5) is 39.3. The molecule has 0 radical (unpaired) electrons. The first-order valence-corrected chi connectivity index (χ1v) is 10.9. The van der Waals surface area contributed by atoms with E-state index in [0.29, 0.717) is 40.3 Å². The molecular weight excluding hydrogens is 414 g/mol. The third kappa shape index (κ3) is 3.63. The standard InChI is InChI=1S/C24H27NO7/c1-5-29-23(27)18-12(3)9-15-21(22(18)26)20(19(13(4)25-15)24(28)30-6-2)14-7-8-16-17(10-14)32-11-31-16/h7-8,10,12,18,20,25H,5-6,9,11H2,1-4H3/t12-,18+,20+/m0/s1. The number of esters is 2. The molecule has 0 bridgehead atoms. The van der Waals surface area contributed by atoms with E-state index in [9.17, 15) is 14.4 Å². The minimum absolute atomic E-state index is 0.111. The average molecular weight is 441 g/mol. The number of dihydropyridines is 1. The van der Waals surface area contributed by atoms with Crippen molar-refractivity contribution in [1.29, 1.82) is 0 Å². The van der Waals surface area contributed by atoms with Crippen LogP contribution in [-0.2, 0) is 23.9 Å². The number of carbonyl (C=O) groups excluding carboxylic acids is 3. The molecule has 32 heavy (non-hydrogen) atoms. The van der Waals surface area contributed by atoms with Gasteiger partial charge in [0.15, 0.2) is 17.3 Å². The molecule has 1 aliphatic carbocycles. The van der Waals surface area contributed by atoms with Crippen molar-refractivity contribution in [1.82, 2.24) is 5.32 Å². The molecule has 4 rings (SSSR count). The van der Waals surface area contributed by atoms with Crippen LogP contribution in [0, 0.1) is 11.8 Å². The number of allylic oxidation sites excluding steroid dienone is 3. The van der Waals surface area contributed by atoms with E-state index < -0.39 is 23.8 Å². The van der Waals surface area contributed by atoms with Gasteiger partial charge in [0.25, 0.3) is 0 Å². The number of carbonyl (C=O) groups is 3. The van der Waals surface area contributed by atoms with Gasteiger partial charge in [-0.2, -0.15) is 0 Å². The Labute approximate surface area is 186 Å². The predicted molar refractivity (Wildman–Crippen MR) is 114 cm³/mol. The van der Waals surface area contributed by atoms with Crippen LogP contribution in [0.4, 0.5) is 0 Å². The normalized spacial score (nSPS) is 24.1. The van der Waals surface area contributed by atoms with Crippen LogP contribution in [0.1, 0.15) is 45.6 Å². The van der Waals surface area contributed by atoms with Crippen LogP contribution < -0.4 is 14.8 Å². The summed E-state index contributed by atoms with van der Waals surface area (Å²) in [5, 5.41) is 3.24. The molecule has 1 aromatic carbocycles. The molecule has 0 amide bonds. The lowest BCUT2D eigenvalue weighted by molar-refractivity contribution is -0.153. The Kier molecular flexibility index (Phi) is 5.95. The molecule has 0 fully saturated rings. The van der Waals surface area contributed by atoms with Gasteiger partial charge in [-0.05, 0) is 50.8 Å². The molecule has 3 atom stereocenters. The molecule has 1 N–H and O–H groups in total. The number of rotatable bonds is 5. The van der Waals surface area contributed by atoms with Crippen molar-refractivity contribution in [2.75, 3.05) is 20.0 Å². The number of hydrogen-bond acceptors (Lipinski definition) is 8. The second-order valence-corrected chi connectivity index (χ2v) is 8.10. The van der Waals surface area contributed by atoms with Crippen LogP contribution in [0.15, 0.2) is 40.7 Å². The van der Waals surface area contributed by atoms with Crippen molar-refractivity contribution >= 4 is 17.7 Å². The van der Waals surface area contributed by atoms with E-state index in [1.165, 1.54) is 0 Å². The summed E-state index contributed by atoms with van der Waals surface area (Å²) in [6.07, 6.45) is 0.485. The topological polar surface area (TPSA) is 100 Å². The van der Waals surface area contributed by atoms with Crippen molar-refractivity contribution in [3.8, 4) is 11.5 Å². The SMILES string of the molecule is CCOC(=O)C1=C(C)NC2=C(C(=O)[C@H](C(=O)OCC)[C@@H](C)C2)[C@@H]1c1ccc2c(c1)OCO2. The zero-order chi connectivity index (χ0) is 23.0. The molecule has 3 aliphatic rings. The monoisotopic (exact) mass is 441 g/mol. The Morgan fingerprint density at radius 2 is 1.84 bits per heavy atom. The van der Waals surface area contributed by atoms with E-state index in [2.05, 4.69) is 5.32 Å². The summed E-state index contributed by atoms with van der Waals surface area (Å²) in [6, 6.07) is 5.35. The van der Waals surface area contributed by atoms with E-state index in [1.54, 1.807) is 32.9 Å². The summed E-state index contributed by atoms with van der Waals surface area (Å²) < 4.78 is 21.5. The van der Waals surface area contributed by atoms with Crippen molar-refractivity contribution in [3.63, 3.8) is 0 Å². The van der Waals surface area contributed by atoms with Crippen molar-refractivity contribution in [2.45, 2.75) is 40.0 Å². The first kappa shape index (κ1) is 21.9. The predicted octanol–water partition coefficient (Wildman–Crippen LogP) is 2.98. The van der Waals surface area contributed by atoms with Gasteiger partial charge in [-0.3, -0.25) is 9.59 Å². The molecule has 8 nitrogen and oxygen atoms in total. The lowest BCUT2D eigenvalue weighted by atomic mass is 9.69. The highest BCUT2D eigenvalue weighted by atomic mass is 16.7. The largest absolute Gasteiger partial charge is 0.465 e. The maximum absolute atomic E-state index is 13.7. The lowest BCUT2D eigenvalue weighted by Crippen LogP contribution is -2.43. The zero-order valence-corrected chi connectivity index (χ0v) is 18.7. The average Bonchev–Trinajstić information content (AvgIpc) is 3.20. The summed E-state index contributed by atoms with van der Waals surface area (Å²) >= 11 is 0. The van der Waals surface area contributed by atoms with E-state index >= 15 is 0 Å². The summed E-state index contributed by atoms with van der Waals surface area (Å²) in [7, 11) is 0. The van der Waals surface area contributed by atoms with Crippen molar-refractivity contribution < 1.29 is 33.3 Å². The van der Waals surface area contributed by atoms with Gasteiger partial charge in [0.05, 0.1) is 18.8 Å². The number of nitrogens with one attached hydrogen (secondary N) is 1. The number of fused-ring (bicyclic) bond motifs is 1. The second kappa shape index (κ2) is 8.68. The first-order chi connectivity index (χ1) is 15.4. The van der Waals surface area contributed by atoms with Gasteiger partial charge < -0.3 is 24.3 Å². The molecule has 0 aromatic heterocycles. The number of hydrogen-bond donors (Lipinski definition) is 1. The maximum Gasteiger partial charge on any atom is 0.336 e. The fourth-order valence-corrected chi connectivity index (χ4v) is 4.69. The molecule has 2 heterocycles. The highest BCUT2D eigenvalue weighted by Gasteiger charge is 2.47. The smallest absolute Gasteiger partial charge is 0.336 e. The molecule has 8 heteroatoms. The van der Waals surface area contributed by atoms with Crippen molar-refractivity contribution in [2.24, 2.45) is 11.8 Å². The minimum atomic E-state index is -0.922. The van der Waals surface area contributed by atoms with Crippen molar-refractivity contribution in [3.05, 3.63) is 46.3 Å². The van der Waals surface area contributed by atoms with Gasteiger partial charge in [-0.1, -0.05) is 13.0 Å². The molecule has 0 saturated heterocycles. The Morgan fingerprint density at radius 3 is 2.56 bits per heavy atom. The highest BCUT2D eigenvalue weighted by molar-refractivity contribution is 6.12. The van der Waals surface area contributed by atoms with Crippen LogP contribution in [0.2, 0.25) is 0 Å². The zero-order valence-electron chi connectivity index (χ0n) is 18.7. The molecule has 0 saturated carbocycles. The Bertz CT molecular complexity index is 1040. The third-order valence-electron chi connectivity index (χ3n) is 6.05. The Balaban J connectivity index is 1.85. The molecular formula is C24H27NO7. The van der Waals surface area contributed by atoms with Crippen LogP contribution in [0.5, 0.6) is 11.5 Å².